The Morgan fingerprint density at radius 2 is 2.12 bits per heavy atom. The van der Waals surface area contributed by atoms with E-state index in [1.165, 1.54) is 4.90 Å². The molecule has 134 valence electrons. The van der Waals surface area contributed by atoms with E-state index in [9.17, 15) is 19.5 Å². The third kappa shape index (κ3) is 3.32. The normalized spacial score (nSPS) is 27.5. The van der Waals surface area contributed by atoms with Crippen LogP contribution < -0.4 is 10.6 Å². The van der Waals surface area contributed by atoms with Gasteiger partial charge in [-0.1, -0.05) is 0 Å². The van der Waals surface area contributed by atoms with Crippen LogP contribution in [0.5, 0.6) is 0 Å². The number of nitrogens with zero attached hydrogens (tertiary/aromatic N) is 1. The molecule has 9 nitrogen and oxygen atoms in total. The molecule has 3 fully saturated rings. The monoisotopic (exact) mass is 341 g/mol. The molecule has 3 amide bonds. The Labute approximate surface area is 139 Å². The van der Waals surface area contributed by atoms with Crippen LogP contribution in [-0.2, 0) is 14.3 Å². The van der Waals surface area contributed by atoms with Crippen molar-refractivity contribution >= 4 is 17.9 Å². The topological polar surface area (TPSA) is 128 Å². The van der Waals surface area contributed by atoms with Crippen molar-refractivity contribution in [2.75, 3.05) is 32.8 Å². The Morgan fingerprint density at radius 3 is 2.67 bits per heavy atom. The lowest BCUT2D eigenvalue weighted by Gasteiger charge is -2.55. The second-order valence-electron chi connectivity index (χ2n) is 7.05. The smallest absolute Gasteiger partial charge is 0.404 e. The maximum absolute atomic E-state index is 12.4. The Hall–Kier alpha value is -1.87. The molecule has 2 unspecified atom stereocenters. The van der Waals surface area contributed by atoms with Crippen LogP contribution in [0.1, 0.15) is 19.3 Å². The van der Waals surface area contributed by atoms with Gasteiger partial charge in [0, 0.05) is 25.6 Å². The summed E-state index contributed by atoms with van der Waals surface area (Å²) < 4.78 is 5.15. The van der Waals surface area contributed by atoms with E-state index < -0.39 is 30.1 Å². The van der Waals surface area contributed by atoms with Crippen molar-refractivity contribution in [3.63, 3.8) is 0 Å². The van der Waals surface area contributed by atoms with Crippen molar-refractivity contribution in [2.24, 2.45) is 11.3 Å². The predicted molar refractivity (Wildman–Crippen MR) is 81.1 cm³/mol. The number of carbonyl (C=O) groups is 3. The molecule has 0 aliphatic carbocycles. The molecule has 0 bridgehead atoms. The molecule has 24 heavy (non-hydrogen) atoms. The third-order valence-corrected chi connectivity index (χ3v) is 5.06. The summed E-state index contributed by atoms with van der Waals surface area (Å²) in [6.07, 6.45) is -1.29. The van der Waals surface area contributed by atoms with E-state index in [4.69, 9.17) is 9.84 Å². The number of carboxylic acid groups (broad SMARTS) is 1. The molecule has 3 heterocycles. The fourth-order valence-corrected chi connectivity index (χ4v) is 3.64. The number of piperidine rings is 1. The van der Waals surface area contributed by atoms with Gasteiger partial charge in [-0.3, -0.25) is 9.59 Å². The van der Waals surface area contributed by atoms with Crippen molar-refractivity contribution in [1.82, 2.24) is 15.5 Å². The number of hydrogen-bond acceptors (Lipinski definition) is 5. The molecule has 3 rings (SSSR count). The maximum atomic E-state index is 12.4. The molecule has 3 atom stereocenters. The Bertz CT molecular complexity index is 527. The third-order valence-electron chi connectivity index (χ3n) is 5.06. The van der Waals surface area contributed by atoms with Crippen LogP contribution in [0.25, 0.3) is 0 Å². The van der Waals surface area contributed by atoms with Gasteiger partial charge in [-0.2, -0.15) is 0 Å². The maximum Gasteiger partial charge on any atom is 0.404 e. The predicted octanol–water partition coefficient (Wildman–Crippen LogP) is -1.24. The first-order valence-corrected chi connectivity index (χ1v) is 8.22. The van der Waals surface area contributed by atoms with Gasteiger partial charge >= 0.3 is 6.09 Å². The zero-order valence-corrected chi connectivity index (χ0v) is 13.4. The number of amides is 3. The molecule has 0 radical (unpaired) electrons. The SMILES string of the molecule is O=C(O)N[C@@H](CC1CCCNC1=O)C(O)C(=O)N1CC2(COC2)C1. The second-order valence-corrected chi connectivity index (χ2v) is 7.05. The highest BCUT2D eigenvalue weighted by Gasteiger charge is 2.52. The summed E-state index contributed by atoms with van der Waals surface area (Å²) in [5.74, 6) is -1.06. The van der Waals surface area contributed by atoms with E-state index in [1.807, 2.05) is 0 Å². The Kier molecular flexibility index (Phi) is 4.64. The van der Waals surface area contributed by atoms with Crippen LogP contribution in [0.2, 0.25) is 0 Å². The number of likely N-dealkylation sites (tertiary alicyclic amines) is 1. The van der Waals surface area contributed by atoms with E-state index in [-0.39, 0.29) is 17.7 Å². The number of aliphatic hydroxyl groups excluding tert-OH is 1. The van der Waals surface area contributed by atoms with Crippen LogP contribution >= 0.6 is 0 Å². The lowest BCUT2D eigenvalue weighted by Crippen LogP contribution is -2.69. The van der Waals surface area contributed by atoms with Crippen molar-refractivity contribution in [1.29, 1.82) is 0 Å². The van der Waals surface area contributed by atoms with Crippen LogP contribution in [0.15, 0.2) is 0 Å². The molecule has 0 saturated carbocycles. The van der Waals surface area contributed by atoms with E-state index in [1.54, 1.807) is 0 Å². The van der Waals surface area contributed by atoms with Gasteiger partial charge in [-0.05, 0) is 19.3 Å². The fourth-order valence-electron chi connectivity index (χ4n) is 3.64. The van der Waals surface area contributed by atoms with Gasteiger partial charge in [0.25, 0.3) is 5.91 Å². The lowest BCUT2D eigenvalue weighted by atomic mass is 9.77. The first-order valence-electron chi connectivity index (χ1n) is 8.22. The average molecular weight is 341 g/mol. The van der Waals surface area contributed by atoms with Gasteiger partial charge in [0.2, 0.25) is 5.91 Å². The largest absolute Gasteiger partial charge is 0.465 e. The van der Waals surface area contributed by atoms with Crippen LogP contribution in [-0.4, -0.2) is 78.0 Å². The number of aliphatic hydroxyl groups is 1. The number of carbonyl (C=O) groups excluding carboxylic acids is 2. The summed E-state index contributed by atoms with van der Waals surface area (Å²) in [5.41, 5.74) is 0.0222. The lowest BCUT2D eigenvalue weighted by molar-refractivity contribution is -0.200. The molecule has 0 aromatic rings. The van der Waals surface area contributed by atoms with Gasteiger partial charge in [-0.25, -0.2) is 4.79 Å². The van der Waals surface area contributed by atoms with Crippen LogP contribution in [0, 0.1) is 11.3 Å². The first-order chi connectivity index (χ1) is 11.4. The van der Waals surface area contributed by atoms with Crippen LogP contribution in [0.3, 0.4) is 0 Å². The summed E-state index contributed by atoms with van der Waals surface area (Å²) in [7, 11) is 0. The second kappa shape index (κ2) is 6.56. The molecule has 3 aliphatic rings. The summed E-state index contributed by atoms with van der Waals surface area (Å²) in [5, 5.41) is 24.3. The standard InChI is InChI=1S/C15H23N3O6/c19-11(13(21)18-5-15(6-18)7-24-8-15)10(17-14(22)23)4-9-2-1-3-16-12(9)20/h9-11,17,19H,1-8H2,(H,16,20)(H,22,23)/t9?,10-,11?/m0/s1. The van der Waals surface area contributed by atoms with Crippen molar-refractivity contribution < 1.29 is 29.3 Å². The molecular weight excluding hydrogens is 318 g/mol. The zero-order valence-electron chi connectivity index (χ0n) is 13.4. The summed E-state index contributed by atoms with van der Waals surface area (Å²) in [6.45, 7) is 2.88. The molecule has 3 saturated heterocycles. The minimum atomic E-state index is -1.49. The number of rotatable bonds is 5. The highest BCUT2D eigenvalue weighted by atomic mass is 16.5. The number of ether oxygens (including phenoxy) is 1. The van der Waals surface area contributed by atoms with Crippen molar-refractivity contribution in [3.05, 3.63) is 0 Å². The first kappa shape index (κ1) is 17.0. The molecule has 3 aliphatic heterocycles. The zero-order chi connectivity index (χ0) is 17.3. The average Bonchev–Trinajstić information content (AvgIpc) is 2.44. The summed E-state index contributed by atoms with van der Waals surface area (Å²) >= 11 is 0. The molecule has 4 N–H and O–H groups in total. The number of nitrogens with one attached hydrogen (secondary N) is 2. The Morgan fingerprint density at radius 1 is 1.42 bits per heavy atom. The summed E-state index contributed by atoms with van der Waals surface area (Å²) in [6, 6.07) is -1.00. The van der Waals surface area contributed by atoms with Crippen molar-refractivity contribution in [3.8, 4) is 0 Å². The van der Waals surface area contributed by atoms with Gasteiger partial charge in [-0.15, -0.1) is 0 Å². The van der Waals surface area contributed by atoms with Gasteiger partial charge in [0.05, 0.1) is 24.7 Å². The van der Waals surface area contributed by atoms with Gasteiger partial charge in [0.1, 0.15) is 0 Å². The molecule has 0 aromatic carbocycles. The molecule has 1 spiro atoms. The minimum absolute atomic E-state index is 0.0222. The highest BCUT2D eigenvalue weighted by Crippen LogP contribution is 2.38. The Balaban J connectivity index is 1.60. The van der Waals surface area contributed by atoms with E-state index >= 15 is 0 Å². The quantitative estimate of drug-likeness (QED) is 0.495. The van der Waals surface area contributed by atoms with Crippen molar-refractivity contribution in [2.45, 2.75) is 31.4 Å². The molecular formula is C15H23N3O6. The van der Waals surface area contributed by atoms with Gasteiger partial charge in [0.15, 0.2) is 6.10 Å². The van der Waals surface area contributed by atoms with Gasteiger partial charge < -0.3 is 30.5 Å². The molecule has 9 heteroatoms. The fraction of sp³-hybridized carbons (Fsp3) is 0.800. The van der Waals surface area contributed by atoms with E-state index in [0.29, 0.717) is 39.3 Å². The highest BCUT2D eigenvalue weighted by molar-refractivity contribution is 5.84. The molecule has 0 aromatic heterocycles. The van der Waals surface area contributed by atoms with Crippen LogP contribution in [0.4, 0.5) is 4.79 Å². The van der Waals surface area contributed by atoms with E-state index in [0.717, 1.165) is 6.42 Å². The summed E-state index contributed by atoms with van der Waals surface area (Å²) in [4.78, 5) is 36.8. The number of hydrogen-bond donors (Lipinski definition) is 4. The minimum Gasteiger partial charge on any atom is -0.465 e. The van der Waals surface area contributed by atoms with E-state index in [2.05, 4.69) is 10.6 Å².